The highest BCUT2D eigenvalue weighted by atomic mass is 31.2. The zero-order valence-electron chi connectivity index (χ0n) is 42.7. The minimum atomic E-state index is -4.29. The number of phosphoric ester groups is 1. The zero-order valence-corrected chi connectivity index (χ0v) is 43.6. The molecule has 0 aliphatic rings. The van der Waals surface area contributed by atoms with Crippen molar-refractivity contribution in [2.24, 2.45) is 0 Å². The van der Waals surface area contributed by atoms with E-state index < -0.39 is 13.9 Å². The van der Waals surface area contributed by atoms with Gasteiger partial charge in [-0.25, -0.2) is 4.57 Å². The Bertz CT molecular complexity index is 1310. The van der Waals surface area contributed by atoms with Gasteiger partial charge in [-0.1, -0.05) is 214 Å². The Hall–Kier alpha value is -2.32. The van der Waals surface area contributed by atoms with Crippen molar-refractivity contribution in [3.05, 3.63) is 85.1 Å². The third-order valence-corrected chi connectivity index (χ3v) is 12.0. The minimum Gasteiger partial charge on any atom is -0.457 e. The Labute approximate surface area is 401 Å². The minimum absolute atomic E-state index is 0.0802. The summed E-state index contributed by atoms with van der Waals surface area (Å²) in [7, 11) is 1.64. The first-order valence-electron chi connectivity index (χ1n) is 26.3. The summed E-state index contributed by atoms with van der Waals surface area (Å²) in [4.78, 5) is 23.0. The molecule has 2 atom stereocenters. The number of carbonyl (C=O) groups excluding carboxylic acids is 1. The molecule has 0 aliphatic heterocycles. The van der Waals surface area contributed by atoms with Crippen LogP contribution in [0.15, 0.2) is 85.1 Å². The van der Waals surface area contributed by atoms with Gasteiger partial charge in [0.1, 0.15) is 19.3 Å². The van der Waals surface area contributed by atoms with Gasteiger partial charge in [-0.3, -0.25) is 13.8 Å². The monoisotopic (exact) mass is 931 g/mol. The van der Waals surface area contributed by atoms with Crippen LogP contribution in [0, 0.1) is 0 Å². The number of ether oxygens (including phenoxy) is 2. The van der Waals surface area contributed by atoms with Gasteiger partial charge in [-0.2, -0.15) is 0 Å². The molecular weight excluding hydrogens is 830 g/mol. The maximum atomic E-state index is 12.8. The van der Waals surface area contributed by atoms with Gasteiger partial charge in [-0.15, -0.1) is 0 Å². The van der Waals surface area contributed by atoms with Crippen molar-refractivity contribution in [1.29, 1.82) is 0 Å². The molecule has 0 bridgehead atoms. The number of esters is 1. The molecule has 0 heterocycles. The number of hydrogen-bond donors (Lipinski definition) is 1. The van der Waals surface area contributed by atoms with E-state index in [-0.39, 0.29) is 25.8 Å². The Kier molecular flexibility index (Phi) is 46.4. The molecule has 0 aliphatic carbocycles. The van der Waals surface area contributed by atoms with Gasteiger partial charge in [0.2, 0.25) is 0 Å². The number of carbonyl (C=O) groups is 1. The highest BCUT2D eigenvalue weighted by Crippen LogP contribution is 2.43. The van der Waals surface area contributed by atoms with E-state index in [0.29, 0.717) is 24.1 Å². The summed E-state index contributed by atoms with van der Waals surface area (Å²) >= 11 is 0. The van der Waals surface area contributed by atoms with Crippen LogP contribution < -0.4 is 0 Å². The lowest BCUT2D eigenvalue weighted by Gasteiger charge is -2.24. The molecule has 0 aromatic rings. The summed E-state index contributed by atoms with van der Waals surface area (Å²) in [5.41, 5.74) is 0. The van der Waals surface area contributed by atoms with Gasteiger partial charge in [0.05, 0.1) is 34.4 Å². The van der Waals surface area contributed by atoms with E-state index in [2.05, 4.69) is 98.9 Å². The maximum absolute atomic E-state index is 12.8. The van der Waals surface area contributed by atoms with Crippen molar-refractivity contribution in [2.75, 3.05) is 54.1 Å². The van der Waals surface area contributed by atoms with Crippen LogP contribution in [-0.2, 0) is 27.9 Å². The molecular formula is C56H101NO7P+. The lowest BCUT2D eigenvalue weighted by molar-refractivity contribution is -0.870. The summed E-state index contributed by atoms with van der Waals surface area (Å²) in [6, 6.07) is 0. The van der Waals surface area contributed by atoms with Crippen molar-refractivity contribution in [1.82, 2.24) is 0 Å². The number of unbranched alkanes of at least 4 members (excludes halogenated alkanes) is 20. The third kappa shape index (κ3) is 52.5. The number of quaternary nitrogens is 1. The largest absolute Gasteiger partial charge is 0.472 e. The molecule has 2 unspecified atom stereocenters. The number of phosphoric acid groups is 1. The summed E-state index contributed by atoms with van der Waals surface area (Å²) < 4.78 is 35.1. The van der Waals surface area contributed by atoms with Crippen LogP contribution in [0.25, 0.3) is 0 Å². The molecule has 8 nitrogen and oxygen atoms in total. The first kappa shape index (κ1) is 62.7. The van der Waals surface area contributed by atoms with Crippen LogP contribution in [0.3, 0.4) is 0 Å². The van der Waals surface area contributed by atoms with Crippen LogP contribution in [0.4, 0.5) is 0 Å². The molecule has 0 saturated carbocycles. The molecule has 0 saturated heterocycles. The molecule has 0 amide bonds. The second-order valence-corrected chi connectivity index (χ2v) is 20.0. The number of hydrogen-bond acceptors (Lipinski definition) is 6. The van der Waals surface area contributed by atoms with Crippen molar-refractivity contribution >= 4 is 13.8 Å². The lowest BCUT2D eigenvalue weighted by Crippen LogP contribution is -2.37. The molecule has 0 aromatic heterocycles. The topological polar surface area (TPSA) is 91.3 Å². The number of nitrogens with zero attached hydrogens (tertiary/aromatic N) is 1. The molecule has 0 radical (unpaired) electrons. The average molecular weight is 931 g/mol. The second kappa shape index (κ2) is 48.1. The summed E-state index contributed by atoms with van der Waals surface area (Å²) in [6.07, 6.45) is 64.9. The summed E-state index contributed by atoms with van der Waals surface area (Å²) in [5.74, 6) is -0.323. The average Bonchev–Trinajstić information content (AvgIpc) is 3.27. The second-order valence-electron chi connectivity index (χ2n) is 18.5. The van der Waals surface area contributed by atoms with Crippen molar-refractivity contribution in [3.63, 3.8) is 0 Å². The van der Waals surface area contributed by atoms with E-state index in [0.717, 1.165) is 96.3 Å². The van der Waals surface area contributed by atoms with Crippen molar-refractivity contribution in [2.45, 2.75) is 213 Å². The van der Waals surface area contributed by atoms with E-state index in [1.54, 1.807) is 0 Å². The first-order valence-corrected chi connectivity index (χ1v) is 27.8. The fraction of sp³-hybridized carbons (Fsp3) is 0.732. The summed E-state index contributed by atoms with van der Waals surface area (Å²) in [5, 5.41) is 0. The molecule has 376 valence electrons. The van der Waals surface area contributed by atoms with Gasteiger partial charge in [0, 0.05) is 13.0 Å². The van der Waals surface area contributed by atoms with Crippen LogP contribution in [-0.4, -0.2) is 75.6 Å². The van der Waals surface area contributed by atoms with Gasteiger partial charge in [0.15, 0.2) is 0 Å². The summed E-state index contributed by atoms with van der Waals surface area (Å²) in [6.45, 7) is 5.45. The third-order valence-electron chi connectivity index (χ3n) is 11.0. The van der Waals surface area contributed by atoms with Crippen LogP contribution in [0.1, 0.15) is 206 Å². The lowest BCUT2D eigenvalue weighted by atomic mass is 10.0. The van der Waals surface area contributed by atoms with Crippen LogP contribution in [0.2, 0.25) is 0 Å². The van der Waals surface area contributed by atoms with E-state index in [1.807, 2.05) is 21.1 Å². The fourth-order valence-corrected chi connectivity index (χ4v) is 7.69. The van der Waals surface area contributed by atoms with Crippen molar-refractivity contribution < 1.29 is 37.3 Å². The first-order chi connectivity index (χ1) is 31.6. The Morgan fingerprint density at radius 1 is 0.492 bits per heavy atom. The quantitative estimate of drug-likeness (QED) is 0.0214. The highest BCUT2D eigenvalue weighted by molar-refractivity contribution is 7.47. The van der Waals surface area contributed by atoms with E-state index >= 15 is 0 Å². The van der Waals surface area contributed by atoms with E-state index in [1.165, 1.54) is 89.9 Å². The maximum Gasteiger partial charge on any atom is 0.472 e. The van der Waals surface area contributed by atoms with Gasteiger partial charge < -0.3 is 18.9 Å². The number of rotatable bonds is 48. The predicted octanol–water partition coefficient (Wildman–Crippen LogP) is 16.4. The molecule has 1 N–H and O–H groups in total. The number of allylic oxidation sites excluding steroid dienone is 14. The van der Waals surface area contributed by atoms with Crippen LogP contribution >= 0.6 is 7.82 Å². The van der Waals surface area contributed by atoms with E-state index in [4.69, 9.17) is 18.5 Å². The molecule has 0 fully saturated rings. The normalized spacial score (nSPS) is 14.2. The zero-order chi connectivity index (χ0) is 47.6. The van der Waals surface area contributed by atoms with E-state index in [9.17, 15) is 14.3 Å². The SMILES string of the molecule is CC/C=C\C/C=C\C/C=C\C/C=C\C/C=C\C/C=C\C/C=C\CCCCCCOCC(COP(=O)(O)OCC[N+](C)(C)C)OC(=O)CCCCCCCCCCCCCCCCCCC. The molecule has 9 heteroatoms. The Balaban J connectivity index is 4.20. The molecule has 65 heavy (non-hydrogen) atoms. The smallest absolute Gasteiger partial charge is 0.457 e. The molecule has 0 rings (SSSR count). The standard InChI is InChI=1S/C56H100NO7P/c1-6-8-10-12-14-16-18-20-22-24-25-26-27-28-29-30-31-32-34-36-38-40-42-44-46-48-51-61-53-55(54-63-65(59,60)62-52-50-57(3,4)5)64-56(58)49-47-45-43-41-39-37-35-33-23-21-19-17-15-13-11-9-7-2/h8,10,14,16,20,22,25-26,28-29,31-32,36,38,55H,6-7,9,11-13,15,17-19,21,23-24,27,30,33-35,37,39-54H2,1-5H3/p+1/b10-8-,16-14-,22-20-,26-25-,29-28-,32-31-,38-36-. The van der Waals surface area contributed by atoms with Gasteiger partial charge in [0.25, 0.3) is 0 Å². The van der Waals surface area contributed by atoms with Crippen molar-refractivity contribution in [3.8, 4) is 0 Å². The number of likely N-dealkylation sites (N-methyl/N-ethyl adjacent to an activating group) is 1. The molecule has 0 spiro atoms. The highest BCUT2D eigenvalue weighted by Gasteiger charge is 2.26. The Morgan fingerprint density at radius 2 is 0.892 bits per heavy atom. The Morgan fingerprint density at radius 3 is 1.34 bits per heavy atom. The van der Waals surface area contributed by atoms with Gasteiger partial charge in [-0.05, 0) is 70.6 Å². The molecule has 0 aromatic carbocycles. The fourth-order valence-electron chi connectivity index (χ4n) is 6.95. The van der Waals surface area contributed by atoms with Gasteiger partial charge >= 0.3 is 13.8 Å². The predicted molar refractivity (Wildman–Crippen MR) is 279 cm³/mol. The van der Waals surface area contributed by atoms with Crippen LogP contribution in [0.5, 0.6) is 0 Å².